The molecule has 0 aromatic carbocycles. The second kappa shape index (κ2) is 7.12. The molecular weight excluding hydrogens is 380 g/mol. The van der Waals surface area contributed by atoms with E-state index in [9.17, 15) is 9.59 Å². The van der Waals surface area contributed by atoms with E-state index in [2.05, 4.69) is 31.3 Å². The molecule has 154 valence electrons. The first-order chi connectivity index (χ1) is 14.2. The van der Waals surface area contributed by atoms with Crippen molar-refractivity contribution in [2.45, 2.75) is 34.1 Å². The summed E-state index contributed by atoms with van der Waals surface area (Å²) in [4.78, 5) is 44.5. The highest BCUT2D eigenvalue weighted by Gasteiger charge is 2.52. The molecule has 1 atom stereocenters. The number of fused-ring (bicyclic) bond motifs is 1. The number of allylic oxidation sites excluding steroid dienone is 4. The van der Waals surface area contributed by atoms with Gasteiger partial charge in [0.1, 0.15) is 11.5 Å². The molecule has 3 heterocycles. The van der Waals surface area contributed by atoms with E-state index < -0.39 is 5.41 Å². The molecule has 1 saturated heterocycles. The molecule has 0 saturated carbocycles. The minimum Gasteiger partial charge on any atom is -0.354 e. The molecule has 1 N–H and O–H groups in total. The molecule has 2 aromatic rings. The summed E-state index contributed by atoms with van der Waals surface area (Å²) in [5, 5.41) is 2.59. The van der Waals surface area contributed by atoms with Crippen LogP contribution in [0.15, 0.2) is 36.4 Å². The predicted molar refractivity (Wildman–Crippen MR) is 112 cm³/mol. The minimum atomic E-state index is -0.612. The Labute approximate surface area is 175 Å². The standard InChI is InChI=1S/C22H24N6O2/c1-12-9-26-21(27-18(12)19(29)23-5)28-17-8-14(15-10-24-13(2)25-11-15)6-7-16(17)22(3,4)20(28)30/h6,8-11,16H,7H2,1-5H3,(H,23,29). The maximum absolute atomic E-state index is 13.4. The molecule has 0 spiro atoms. The van der Waals surface area contributed by atoms with Crippen LogP contribution in [0.5, 0.6) is 0 Å². The zero-order chi connectivity index (χ0) is 21.6. The number of carbonyl (C=O) groups excluding carboxylic acids is 2. The van der Waals surface area contributed by atoms with Crippen LogP contribution in [0, 0.1) is 25.2 Å². The van der Waals surface area contributed by atoms with Crippen LogP contribution in [0.25, 0.3) is 5.57 Å². The van der Waals surface area contributed by atoms with Gasteiger partial charge in [-0.2, -0.15) is 0 Å². The van der Waals surface area contributed by atoms with E-state index in [1.165, 1.54) is 0 Å². The molecule has 2 amide bonds. The Balaban J connectivity index is 1.81. The zero-order valence-electron chi connectivity index (χ0n) is 17.7. The number of nitrogens with zero attached hydrogens (tertiary/aromatic N) is 5. The van der Waals surface area contributed by atoms with Crippen LogP contribution in [0.2, 0.25) is 0 Å². The predicted octanol–water partition coefficient (Wildman–Crippen LogP) is 2.60. The van der Waals surface area contributed by atoms with Crippen LogP contribution in [0.3, 0.4) is 0 Å². The quantitative estimate of drug-likeness (QED) is 0.844. The maximum atomic E-state index is 13.4. The highest BCUT2D eigenvalue weighted by molar-refractivity contribution is 6.04. The first-order valence-corrected chi connectivity index (χ1v) is 9.85. The van der Waals surface area contributed by atoms with Crippen molar-refractivity contribution in [2.75, 3.05) is 11.9 Å². The highest BCUT2D eigenvalue weighted by Crippen LogP contribution is 2.49. The molecule has 8 nitrogen and oxygen atoms in total. The Morgan fingerprint density at radius 3 is 2.53 bits per heavy atom. The molecule has 1 fully saturated rings. The van der Waals surface area contributed by atoms with Crippen molar-refractivity contribution in [3.05, 3.63) is 59.1 Å². The fraction of sp³-hybridized carbons (Fsp3) is 0.364. The number of anilines is 1. The Hall–Kier alpha value is -3.42. The Morgan fingerprint density at radius 2 is 1.87 bits per heavy atom. The molecule has 30 heavy (non-hydrogen) atoms. The normalized spacial score (nSPS) is 19.8. The molecule has 0 radical (unpaired) electrons. The Kier molecular flexibility index (Phi) is 4.72. The topological polar surface area (TPSA) is 101 Å². The van der Waals surface area contributed by atoms with Gasteiger partial charge in [-0.3, -0.25) is 14.5 Å². The number of carbonyl (C=O) groups is 2. The van der Waals surface area contributed by atoms with E-state index in [1.807, 2.05) is 26.8 Å². The number of hydrogen-bond donors (Lipinski definition) is 1. The van der Waals surface area contributed by atoms with E-state index in [0.717, 1.165) is 16.8 Å². The SMILES string of the molecule is CNC(=O)c1nc(N2C(=O)C(C)(C)C3CC=C(c4cnc(C)nc4)C=C32)ncc1C. The summed E-state index contributed by atoms with van der Waals surface area (Å²) in [7, 11) is 1.55. The Bertz CT molecular complexity index is 1100. The lowest BCUT2D eigenvalue weighted by molar-refractivity contribution is -0.125. The average Bonchev–Trinajstić information content (AvgIpc) is 2.94. The van der Waals surface area contributed by atoms with Gasteiger partial charge < -0.3 is 5.32 Å². The molecule has 1 unspecified atom stereocenters. The lowest BCUT2D eigenvalue weighted by Crippen LogP contribution is -2.33. The summed E-state index contributed by atoms with van der Waals surface area (Å²) in [6.45, 7) is 7.49. The number of hydrogen-bond acceptors (Lipinski definition) is 6. The highest BCUT2D eigenvalue weighted by atomic mass is 16.2. The van der Waals surface area contributed by atoms with E-state index in [1.54, 1.807) is 37.5 Å². The van der Waals surface area contributed by atoms with E-state index in [-0.39, 0.29) is 29.4 Å². The van der Waals surface area contributed by atoms with Crippen molar-refractivity contribution in [3.63, 3.8) is 0 Å². The van der Waals surface area contributed by atoms with Gasteiger partial charge in [-0.25, -0.2) is 19.9 Å². The zero-order valence-corrected chi connectivity index (χ0v) is 17.7. The van der Waals surface area contributed by atoms with Gasteiger partial charge in [0.15, 0.2) is 0 Å². The van der Waals surface area contributed by atoms with Gasteiger partial charge in [-0.15, -0.1) is 0 Å². The van der Waals surface area contributed by atoms with Crippen LogP contribution in [-0.4, -0.2) is 38.8 Å². The van der Waals surface area contributed by atoms with E-state index in [0.29, 0.717) is 17.8 Å². The molecule has 1 aliphatic carbocycles. The molecule has 1 aliphatic heterocycles. The van der Waals surface area contributed by atoms with Crippen molar-refractivity contribution < 1.29 is 9.59 Å². The van der Waals surface area contributed by atoms with Crippen molar-refractivity contribution in [1.82, 2.24) is 25.3 Å². The van der Waals surface area contributed by atoms with Gasteiger partial charge >= 0.3 is 0 Å². The molecule has 8 heteroatoms. The molecule has 2 aromatic heterocycles. The fourth-order valence-electron chi connectivity index (χ4n) is 3.96. The van der Waals surface area contributed by atoms with Gasteiger partial charge in [0.2, 0.25) is 11.9 Å². The summed E-state index contributed by atoms with van der Waals surface area (Å²) in [6, 6.07) is 0. The number of rotatable bonds is 3. The second-order valence-corrected chi connectivity index (χ2v) is 8.18. The maximum Gasteiger partial charge on any atom is 0.270 e. The Morgan fingerprint density at radius 1 is 1.17 bits per heavy atom. The van der Waals surface area contributed by atoms with Crippen molar-refractivity contribution in [1.29, 1.82) is 0 Å². The molecular formula is C22H24N6O2. The number of aryl methyl sites for hydroxylation is 2. The molecule has 0 bridgehead atoms. The largest absolute Gasteiger partial charge is 0.354 e. The van der Waals surface area contributed by atoms with Crippen LogP contribution in [-0.2, 0) is 4.79 Å². The number of aromatic nitrogens is 4. The third kappa shape index (κ3) is 3.08. The van der Waals surface area contributed by atoms with Gasteiger partial charge in [-0.05, 0) is 37.5 Å². The van der Waals surface area contributed by atoms with E-state index >= 15 is 0 Å². The third-order valence-electron chi connectivity index (χ3n) is 5.83. The summed E-state index contributed by atoms with van der Waals surface area (Å²) < 4.78 is 0. The first-order valence-electron chi connectivity index (χ1n) is 9.85. The number of amides is 2. The molecule has 2 aliphatic rings. The minimum absolute atomic E-state index is 0.00604. The van der Waals surface area contributed by atoms with Crippen molar-refractivity contribution in [3.8, 4) is 0 Å². The van der Waals surface area contributed by atoms with Crippen LogP contribution in [0.1, 0.15) is 47.7 Å². The summed E-state index contributed by atoms with van der Waals surface area (Å²) >= 11 is 0. The smallest absolute Gasteiger partial charge is 0.270 e. The van der Waals surface area contributed by atoms with E-state index in [4.69, 9.17) is 0 Å². The average molecular weight is 404 g/mol. The number of nitrogens with one attached hydrogen (secondary N) is 1. The van der Waals surface area contributed by atoms with Gasteiger partial charge in [0.05, 0.1) is 5.41 Å². The summed E-state index contributed by atoms with van der Waals surface area (Å²) in [6.07, 6.45) is 9.95. The van der Waals surface area contributed by atoms with Crippen molar-refractivity contribution >= 4 is 23.3 Å². The first kappa shape index (κ1) is 19.9. The lowest BCUT2D eigenvalue weighted by Gasteiger charge is -2.25. The fourth-order valence-corrected chi connectivity index (χ4v) is 3.96. The van der Waals surface area contributed by atoms with Crippen LogP contribution >= 0.6 is 0 Å². The third-order valence-corrected chi connectivity index (χ3v) is 5.83. The summed E-state index contributed by atoms with van der Waals surface area (Å²) in [5.41, 5.74) is 2.97. The van der Waals surface area contributed by atoms with Crippen molar-refractivity contribution in [2.24, 2.45) is 11.3 Å². The monoisotopic (exact) mass is 404 g/mol. The van der Waals surface area contributed by atoms with Crippen LogP contribution in [0.4, 0.5) is 5.95 Å². The second-order valence-electron chi connectivity index (χ2n) is 8.18. The van der Waals surface area contributed by atoms with Gasteiger partial charge in [0.25, 0.3) is 5.91 Å². The lowest BCUT2D eigenvalue weighted by atomic mass is 9.75. The van der Waals surface area contributed by atoms with Gasteiger partial charge in [-0.1, -0.05) is 19.9 Å². The summed E-state index contributed by atoms with van der Waals surface area (Å²) in [5.74, 6) is 0.518. The van der Waals surface area contributed by atoms with Crippen LogP contribution < -0.4 is 10.2 Å². The molecule has 4 rings (SSSR count). The van der Waals surface area contributed by atoms with Gasteiger partial charge in [0, 0.05) is 42.8 Å².